The Bertz CT molecular complexity index is 1310. The van der Waals surface area contributed by atoms with Gasteiger partial charge < -0.3 is 4.74 Å². The van der Waals surface area contributed by atoms with Crippen molar-refractivity contribution in [3.63, 3.8) is 0 Å². The van der Waals surface area contributed by atoms with Gasteiger partial charge in [-0.15, -0.1) is 0 Å². The summed E-state index contributed by atoms with van der Waals surface area (Å²) >= 11 is 0. The van der Waals surface area contributed by atoms with E-state index in [-0.39, 0.29) is 5.82 Å². The first kappa shape index (κ1) is 19.0. The number of fused-ring (bicyclic) bond motifs is 3. The molecular weight excluding hydrogens is 389 g/mol. The zero-order valence-electron chi connectivity index (χ0n) is 17.0. The molecule has 1 heterocycles. The molecule has 1 aliphatic rings. The predicted octanol–water partition coefficient (Wildman–Crippen LogP) is 5.81. The molecule has 4 nitrogen and oxygen atoms in total. The summed E-state index contributed by atoms with van der Waals surface area (Å²) in [5.74, 6) is 1.09. The summed E-state index contributed by atoms with van der Waals surface area (Å²) in [5.41, 5.74) is 7.34. The van der Waals surface area contributed by atoms with E-state index < -0.39 is 0 Å². The van der Waals surface area contributed by atoms with Crippen molar-refractivity contribution in [2.45, 2.75) is 6.92 Å². The molecule has 0 fully saturated rings. The number of hydrogen-bond acceptors (Lipinski definition) is 4. The smallest absolute Gasteiger partial charge is 0.154 e. The van der Waals surface area contributed by atoms with Crippen LogP contribution in [0.25, 0.3) is 10.8 Å². The molecule has 31 heavy (non-hydrogen) atoms. The lowest BCUT2D eigenvalue weighted by molar-refractivity contribution is 0.340. The van der Waals surface area contributed by atoms with Gasteiger partial charge in [0.15, 0.2) is 5.84 Å². The average molecular weight is 409 g/mol. The molecule has 0 amide bonds. The standard InChI is InChI=1S/C26H20FN3O/c1-2-31-21-14-9-18(10-15-21)24-23-16-11-17-5-3-4-6-22(17)25(23)28-26(30-29-24)19-7-12-20(27)13-8-19/h3-16H,2H2,1H3,(H,28,30). The van der Waals surface area contributed by atoms with Crippen LogP contribution in [0, 0.1) is 5.82 Å². The number of nitrogens with one attached hydrogen (secondary N) is 1. The SMILES string of the molecule is CCOc1ccc(C2=NNC(c3ccc(F)cc3)=Nc3c2ccc2ccccc32)cc1. The van der Waals surface area contributed by atoms with E-state index in [0.717, 1.165) is 44.6 Å². The van der Waals surface area contributed by atoms with E-state index in [4.69, 9.17) is 14.8 Å². The molecule has 4 aromatic carbocycles. The lowest BCUT2D eigenvalue weighted by Gasteiger charge is -2.11. The first-order chi connectivity index (χ1) is 15.2. The van der Waals surface area contributed by atoms with E-state index in [2.05, 4.69) is 23.6 Å². The van der Waals surface area contributed by atoms with E-state index in [0.29, 0.717) is 12.4 Å². The lowest BCUT2D eigenvalue weighted by Crippen LogP contribution is -2.19. The highest BCUT2D eigenvalue weighted by Crippen LogP contribution is 2.34. The molecule has 5 rings (SSSR count). The van der Waals surface area contributed by atoms with Crippen LogP contribution in [-0.4, -0.2) is 18.2 Å². The fraction of sp³-hybridized carbons (Fsp3) is 0.0769. The number of ether oxygens (including phenoxy) is 1. The van der Waals surface area contributed by atoms with Crippen LogP contribution in [0.5, 0.6) is 5.75 Å². The topological polar surface area (TPSA) is 46.0 Å². The Labute approximate surface area is 179 Å². The molecule has 1 N–H and O–H groups in total. The van der Waals surface area contributed by atoms with Crippen molar-refractivity contribution in [1.29, 1.82) is 0 Å². The van der Waals surface area contributed by atoms with Gasteiger partial charge in [0.1, 0.15) is 17.3 Å². The van der Waals surface area contributed by atoms with Gasteiger partial charge in [0.25, 0.3) is 0 Å². The highest BCUT2D eigenvalue weighted by Gasteiger charge is 2.19. The Morgan fingerprint density at radius 1 is 0.839 bits per heavy atom. The molecule has 5 heteroatoms. The van der Waals surface area contributed by atoms with Gasteiger partial charge in [0.2, 0.25) is 0 Å². The third-order valence-corrected chi connectivity index (χ3v) is 5.21. The number of halogens is 1. The van der Waals surface area contributed by atoms with Crippen molar-refractivity contribution in [2.75, 3.05) is 6.61 Å². The van der Waals surface area contributed by atoms with Crippen molar-refractivity contribution in [3.8, 4) is 5.75 Å². The van der Waals surface area contributed by atoms with E-state index in [1.54, 1.807) is 12.1 Å². The van der Waals surface area contributed by atoms with Gasteiger partial charge in [-0.1, -0.05) is 30.3 Å². The van der Waals surface area contributed by atoms with Crippen LogP contribution < -0.4 is 10.2 Å². The number of hydrazone groups is 1. The number of rotatable bonds is 4. The van der Waals surface area contributed by atoms with Gasteiger partial charge in [-0.05, 0) is 66.9 Å². The van der Waals surface area contributed by atoms with E-state index in [9.17, 15) is 4.39 Å². The lowest BCUT2D eigenvalue weighted by atomic mass is 9.97. The fourth-order valence-corrected chi connectivity index (χ4v) is 3.71. The number of aliphatic imine (C=N–C) groups is 1. The van der Waals surface area contributed by atoms with Crippen LogP contribution in [0.3, 0.4) is 0 Å². The molecule has 0 spiro atoms. The Morgan fingerprint density at radius 2 is 1.58 bits per heavy atom. The van der Waals surface area contributed by atoms with Gasteiger partial charge in [-0.3, -0.25) is 5.43 Å². The van der Waals surface area contributed by atoms with Crippen molar-refractivity contribution in [3.05, 3.63) is 107 Å². The van der Waals surface area contributed by atoms with Gasteiger partial charge in [0, 0.05) is 22.1 Å². The third kappa shape index (κ3) is 3.66. The van der Waals surface area contributed by atoms with Crippen molar-refractivity contribution >= 4 is 28.0 Å². The maximum absolute atomic E-state index is 13.5. The number of amidine groups is 1. The third-order valence-electron chi connectivity index (χ3n) is 5.21. The minimum atomic E-state index is -0.289. The van der Waals surface area contributed by atoms with Gasteiger partial charge >= 0.3 is 0 Å². The summed E-state index contributed by atoms with van der Waals surface area (Å²) in [6.07, 6.45) is 0. The minimum absolute atomic E-state index is 0.289. The van der Waals surface area contributed by atoms with Gasteiger partial charge in [-0.25, -0.2) is 9.38 Å². The highest BCUT2D eigenvalue weighted by atomic mass is 19.1. The fourth-order valence-electron chi connectivity index (χ4n) is 3.71. The quantitative estimate of drug-likeness (QED) is 0.462. The Kier molecular flexibility index (Phi) is 4.92. The molecule has 4 aromatic rings. The summed E-state index contributed by atoms with van der Waals surface area (Å²) in [4.78, 5) is 4.93. The van der Waals surface area contributed by atoms with E-state index in [1.165, 1.54) is 12.1 Å². The van der Waals surface area contributed by atoms with Crippen LogP contribution in [-0.2, 0) is 0 Å². The van der Waals surface area contributed by atoms with Crippen LogP contribution in [0.1, 0.15) is 23.6 Å². The second-order valence-electron chi connectivity index (χ2n) is 7.18. The molecule has 1 aliphatic heterocycles. The molecule has 0 saturated carbocycles. The molecule has 0 aliphatic carbocycles. The van der Waals surface area contributed by atoms with Gasteiger partial charge in [-0.2, -0.15) is 5.10 Å². The Balaban J connectivity index is 1.69. The van der Waals surface area contributed by atoms with Crippen LogP contribution in [0.15, 0.2) is 95.0 Å². The molecule has 0 radical (unpaired) electrons. The second-order valence-corrected chi connectivity index (χ2v) is 7.18. The van der Waals surface area contributed by atoms with Crippen molar-refractivity contribution in [1.82, 2.24) is 5.43 Å². The molecule has 0 saturated heterocycles. The molecule has 152 valence electrons. The Hall–Kier alpha value is -3.99. The monoisotopic (exact) mass is 409 g/mol. The molecule has 0 unspecified atom stereocenters. The molecular formula is C26H20FN3O. The summed E-state index contributed by atoms with van der Waals surface area (Å²) in [5, 5.41) is 6.82. The van der Waals surface area contributed by atoms with E-state index >= 15 is 0 Å². The molecule has 0 bridgehead atoms. The normalized spacial score (nSPS) is 13.0. The largest absolute Gasteiger partial charge is 0.494 e. The maximum atomic E-state index is 13.5. The predicted molar refractivity (Wildman–Crippen MR) is 123 cm³/mol. The highest BCUT2D eigenvalue weighted by molar-refractivity contribution is 6.21. The summed E-state index contributed by atoms with van der Waals surface area (Å²) in [7, 11) is 0. The Morgan fingerprint density at radius 3 is 2.35 bits per heavy atom. The van der Waals surface area contributed by atoms with Gasteiger partial charge in [0.05, 0.1) is 12.3 Å². The number of benzene rings is 4. The molecule has 0 atom stereocenters. The van der Waals surface area contributed by atoms with Crippen LogP contribution >= 0.6 is 0 Å². The van der Waals surface area contributed by atoms with Crippen LogP contribution in [0.2, 0.25) is 0 Å². The zero-order chi connectivity index (χ0) is 21.2. The van der Waals surface area contributed by atoms with Crippen molar-refractivity contribution in [2.24, 2.45) is 10.1 Å². The second kappa shape index (κ2) is 8.03. The zero-order valence-corrected chi connectivity index (χ0v) is 17.0. The minimum Gasteiger partial charge on any atom is -0.494 e. The average Bonchev–Trinajstić information content (AvgIpc) is 3.00. The summed E-state index contributed by atoms with van der Waals surface area (Å²) in [6, 6.07) is 26.4. The number of nitrogens with zero attached hydrogens (tertiary/aromatic N) is 2. The first-order valence-corrected chi connectivity index (χ1v) is 10.2. The maximum Gasteiger partial charge on any atom is 0.154 e. The summed E-state index contributed by atoms with van der Waals surface area (Å²) in [6.45, 7) is 2.58. The first-order valence-electron chi connectivity index (χ1n) is 10.2. The van der Waals surface area contributed by atoms with Crippen LogP contribution in [0.4, 0.5) is 10.1 Å². The summed E-state index contributed by atoms with van der Waals surface area (Å²) < 4.78 is 19.0. The van der Waals surface area contributed by atoms with E-state index in [1.807, 2.05) is 49.4 Å². The molecule has 0 aromatic heterocycles. The number of hydrogen-bond donors (Lipinski definition) is 1. The van der Waals surface area contributed by atoms with Crippen molar-refractivity contribution < 1.29 is 9.13 Å².